The van der Waals surface area contributed by atoms with Gasteiger partial charge in [-0.05, 0) is 54.5 Å². The second-order valence-corrected chi connectivity index (χ2v) is 5.98. The molecular weight excluding hydrogens is 340 g/mol. The van der Waals surface area contributed by atoms with Crippen molar-refractivity contribution in [3.63, 3.8) is 0 Å². The molecule has 0 bridgehead atoms. The molecule has 0 amide bonds. The Balaban J connectivity index is 2.21. The number of allylic oxidation sites excluding steroid dienone is 1. The lowest BCUT2D eigenvalue weighted by atomic mass is 10.0. The maximum Gasteiger partial charge on any atom is 0.185 e. The summed E-state index contributed by atoms with van der Waals surface area (Å²) in [6, 6.07) is 10.9. The van der Waals surface area contributed by atoms with Crippen molar-refractivity contribution in [1.29, 1.82) is 0 Å². The zero-order chi connectivity index (χ0) is 19.6. The Morgan fingerprint density at radius 3 is 2.37 bits per heavy atom. The van der Waals surface area contributed by atoms with Gasteiger partial charge in [-0.25, -0.2) is 0 Å². The Morgan fingerprint density at radius 2 is 1.78 bits per heavy atom. The first kappa shape index (κ1) is 20.3. The summed E-state index contributed by atoms with van der Waals surface area (Å²) in [4.78, 5) is 12.5. The molecule has 0 heterocycles. The van der Waals surface area contributed by atoms with Crippen LogP contribution in [0.3, 0.4) is 0 Å². The smallest absolute Gasteiger partial charge is 0.185 e. The molecule has 0 aliphatic rings. The summed E-state index contributed by atoms with van der Waals surface area (Å²) in [5, 5.41) is 0. The van der Waals surface area contributed by atoms with Crippen LogP contribution in [0.5, 0.6) is 17.2 Å². The summed E-state index contributed by atoms with van der Waals surface area (Å²) in [6.07, 6.45) is 6.91. The summed E-state index contributed by atoms with van der Waals surface area (Å²) in [5.74, 6) is 2.09. The molecule has 0 saturated carbocycles. The van der Waals surface area contributed by atoms with E-state index < -0.39 is 0 Å². The van der Waals surface area contributed by atoms with Gasteiger partial charge in [-0.2, -0.15) is 0 Å². The standard InChI is InChI=1S/C23H26O4/c1-5-7-18-15-19(23(26-4)16-22(18)25-3)10-13-21(24)17-8-11-20(12-9-17)27-14-6-2/h6,8-13,15-16H,2,5,7,14H2,1,3-4H3/b13-10+. The molecule has 4 heteroatoms. The molecule has 0 aliphatic carbocycles. The summed E-state index contributed by atoms with van der Waals surface area (Å²) in [7, 11) is 3.25. The minimum Gasteiger partial charge on any atom is -0.496 e. The van der Waals surface area contributed by atoms with Gasteiger partial charge in [-0.1, -0.05) is 26.0 Å². The molecule has 2 aromatic carbocycles. The average Bonchev–Trinajstić information content (AvgIpc) is 2.71. The minimum absolute atomic E-state index is 0.0832. The molecule has 142 valence electrons. The number of hydrogen-bond acceptors (Lipinski definition) is 4. The van der Waals surface area contributed by atoms with Crippen molar-refractivity contribution in [2.45, 2.75) is 19.8 Å². The molecule has 2 rings (SSSR count). The maximum absolute atomic E-state index is 12.5. The predicted molar refractivity (Wildman–Crippen MR) is 109 cm³/mol. The Labute approximate surface area is 161 Å². The molecule has 0 aliphatic heterocycles. The Morgan fingerprint density at radius 1 is 1.07 bits per heavy atom. The Bertz CT molecular complexity index is 804. The molecule has 0 saturated heterocycles. The monoisotopic (exact) mass is 366 g/mol. The van der Waals surface area contributed by atoms with Crippen LogP contribution in [0.1, 0.15) is 34.8 Å². The van der Waals surface area contributed by atoms with Crippen molar-refractivity contribution in [3.8, 4) is 17.2 Å². The van der Waals surface area contributed by atoms with E-state index in [9.17, 15) is 4.79 Å². The van der Waals surface area contributed by atoms with Crippen LogP contribution in [0.25, 0.3) is 6.08 Å². The first-order valence-corrected chi connectivity index (χ1v) is 8.94. The fourth-order valence-corrected chi connectivity index (χ4v) is 2.72. The second-order valence-electron chi connectivity index (χ2n) is 5.98. The van der Waals surface area contributed by atoms with Crippen LogP contribution in [0, 0.1) is 0 Å². The third-order valence-corrected chi connectivity index (χ3v) is 4.07. The van der Waals surface area contributed by atoms with E-state index in [4.69, 9.17) is 14.2 Å². The summed E-state index contributed by atoms with van der Waals surface area (Å²) in [6.45, 7) is 6.16. The highest BCUT2D eigenvalue weighted by Gasteiger charge is 2.10. The van der Waals surface area contributed by atoms with Crippen molar-refractivity contribution in [3.05, 3.63) is 71.8 Å². The van der Waals surface area contributed by atoms with E-state index in [0.717, 1.165) is 29.7 Å². The first-order valence-electron chi connectivity index (χ1n) is 8.94. The third kappa shape index (κ3) is 5.48. The lowest BCUT2D eigenvalue weighted by Gasteiger charge is -2.12. The van der Waals surface area contributed by atoms with E-state index in [1.165, 1.54) is 0 Å². The van der Waals surface area contributed by atoms with Crippen LogP contribution in [-0.4, -0.2) is 26.6 Å². The number of carbonyl (C=O) groups is 1. The van der Waals surface area contributed by atoms with Gasteiger partial charge in [0, 0.05) is 17.2 Å². The van der Waals surface area contributed by atoms with Crippen molar-refractivity contribution >= 4 is 11.9 Å². The van der Waals surface area contributed by atoms with Crippen LogP contribution in [-0.2, 0) is 6.42 Å². The molecular formula is C23H26O4. The summed E-state index contributed by atoms with van der Waals surface area (Å²) in [5.41, 5.74) is 2.54. The largest absolute Gasteiger partial charge is 0.496 e. The van der Waals surface area contributed by atoms with Gasteiger partial charge >= 0.3 is 0 Å². The maximum atomic E-state index is 12.5. The van der Waals surface area contributed by atoms with E-state index in [1.54, 1.807) is 56.7 Å². The second kappa shape index (κ2) is 10.2. The highest BCUT2D eigenvalue weighted by Crippen LogP contribution is 2.31. The normalized spacial score (nSPS) is 10.6. The summed E-state index contributed by atoms with van der Waals surface area (Å²) < 4.78 is 16.3. The fraction of sp³-hybridized carbons (Fsp3) is 0.261. The quantitative estimate of drug-likeness (QED) is 0.333. The van der Waals surface area contributed by atoms with Crippen molar-refractivity contribution < 1.29 is 19.0 Å². The van der Waals surface area contributed by atoms with E-state index in [1.807, 2.05) is 12.1 Å². The van der Waals surface area contributed by atoms with Crippen LogP contribution in [0.2, 0.25) is 0 Å². The SMILES string of the molecule is C=CCOc1ccc(C(=O)/C=C/c2cc(CCC)c(OC)cc2OC)cc1. The molecule has 4 nitrogen and oxygen atoms in total. The molecule has 0 N–H and O–H groups in total. The van der Waals surface area contributed by atoms with E-state index in [0.29, 0.717) is 23.7 Å². The molecule has 0 unspecified atom stereocenters. The Kier molecular flexibility index (Phi) is 7.68. The van der Waals surface area contributed by atoms with Gasteiger partial charge in [-0.15, -0.1) is 0 Å². The lowest BCUT2D eigenvalue weighted by Crippen LogP contribution is -1.98. The van der Waals surface area contributed by atoms with Crippen molar-refractivity contribution in [2.24, 2.45) is 0 Å². The van der Waals surface area contributed by atoms with Gasteiger partial charge in [0.2, 0.25) is 0 Å². The van der Waals surface area contributed by atoms with E-state index >= 15 is 0 Å². The highest BCUT2D eigenvalue weighted by atomic mass is 16.5. The fourth-order valence-electron chi connectivity index (χ4n) is 2.72. The molecule has 0 fully saturated rings. The average molecular weight is 366 g/mol. The molecule has 2 aromatic rings. The Hall–Kier alpha value is -3.01. The summed E-state index contributed by atoms with van der Waals surface area (Å²) >= 11 is 0. The van der Waals surface area contributed by atoms with Crippen molar-refractivity contribution in [1.82, 2.24) is 0 Å². The highest BCUT2D eigenvalue weighted by molar-refractivity contribution is 6.07. The van der Waals surface area contributed by atoms with Gasteiger partial charge in [0.25, 0.3) is 0 Å². The number of ether oxygens (including phenoxy) is 3. The molecule has 0 radical (unpaired) electrons. The van der Waals surface area contributed by atoms with Gasteiger partial charge in [0.1, 0.15) is 23.9 Å². The first-order chi connectivity index (χ1) is 13.1. The van der Waals surface area contributed by atoms with Crippen molar-refractivity contribution in [2.75, 3.05) is 20.8 Å². The van der Waals surface area contributed by atoms with Crippen LogP contribution < -0.4 is 14.2 Å². The van der Waals surface area contributed by atoms with Gasteiger partial charge < -0.3 is 14.2 Å². The lowest BCUT2D eigenvalue weighted by molar-refractivity contribution is 0.104. The van der Waals surface area contributed by atoms with E-state index in [-0.39, 0.29) is 5.78 Å². The molecule has 0 atom stereocenters. The predicted octanol–water partition coefficient (Wildman–Crippen LogP) is 5.12. The zero-order valence-corrected chi connectivity index (χ0v) is 16.2. The number of hydrogen-bond donors (Lipinski definition) is 0. The number of carbonyl (C=O) groups excluding carboxylic acids is 1. The van der Waals surface area contributed by atoms with Gasteiger partial charge in [0.15, 0.2) is 5.78 Å². The topological polar surface area (TPSA) is 44.8 Å². The number of methoxy groups -OCH3 is 2. The molecule has 27 heavy (non-hydrogen) atoms. The number of ketones is 1. The van der Waals surface area contributed by atoms with Crippen LogP contribution in [0.15, 0.2) is 55.1 Å². The molecule has 0 spiro atoms. The minimum atomic E-state index is -0.0832. The zero-order valence-electron chi connectivity index (χ0n) is 16.2. The van der Waals surface area contributed by atoms with Crippen LogP contribution in [0.4, 0.5) is 0 Å². The van der Waals surface area contributed by atoms with Crippen LogP contribution >= 0.6 is 0 Å². The third-order valence-electron chi connectivity index (χ3n) is 4.07. The number of rotatable bonds is 10. The number of aryl methyl sites for hydroxylation is 1. The van der Waals surface area contributed by atoms with Gasteiger partial charge in [0.05, 0.1) is 14.2 Å². The van der Waals surface area contributed by atoms with E-state index in [2.05, 4.69) is 13.5 Å². The number of benzene rings is 2. The van der Waals surface area contributed by atoms with Gasteiger partial charge in [-0.3, -0.25) is 4.79 Å². The molecule has 0 aromatic heterocycles.